The molecule has 0 heterocycles. The monoisotopic (exact) mass is 345 g/mol. The van der Waals surface area contributed by atoms with Gasteiger partial charge in [0.25, 0.3) is 0 Å². The van der Waals surface area contributed by atoms with Crippen molar-refractivity contribution in [1.82, 2.24) is 5.32 Å². The zero-order valence-electron chi connectivity index (χ0n) is 15.6. The Labute approximate surface area is 156 Å². The van der Waals surface area contributed by atoms with Crippen molar-refractivity contribution in [2.45, 2.75) is 31.8 Å². The lowest BCUT2D eigenvalue weighted by Crippen LogP contribution is -2.31. The lowest BCUT2D eigenvalue weighted by molar-refractivity contribution is 0.414. The topological polar surface area (TPSA) is 21.3 Å². The van der Waals surface area contributed by atoms with Crippen LogP contribution in [0.2, 0.25) is 0 Å². The average Bonchev–Trinajstić information content (AvgIpc) is 2.72. The molecule has 0 saturated carbocycles. The molecular formula is C24H27NO. The van der Waals surface area contributed by atoms with Gasteiger partial charge in [-0.25, -0.2) is 0 Å². The highest BCUT2D eigenvalue weighted by Gasteiger charge is 2.16. The maximum atomic E-state index is 5.23. The Kier molecular flexibility index (Phi) is 6.45. The molecule has 0 saturated heterocycles. The lowest BCUT2D eigenvalue weighted by atomic mass is 9.97. The van der Waals surface area contributed by atoms with Crippen LogP contribution in [0.5, 0.6) is 5.75 Å². The van der Waals surface area contributed by atoms with E-state index in [2.05, 4.69) is 85.0 Å². The van der Waals surface area contributed by atoms with Crippen molar-refractivity contribution in [3.8, 4) is 5.75 Å². The highest BCUT2D eigenvalue weighted by molar-refractivity contribution is 5.32. The van der Waals surface area contributed by atoms with Crippen molar-refractivity contribution in [2.24, 2.45) is 0 Å². The van der Waals surface area contributed by atoms with Crippen molar-refractivity contribution in [2.75, 3.05) is 7.11 Å². The van der Waals surface area contributed by atoms with E-state index in [1.54, 1.807) is 7.11 Å². The summed E-state index contributed by atoms with van der Waals surface area (Å²) in [5.41, 5.74) is 3.94. The fourth-order valence-corrected chi connectivity index (χ4v) is 3.22. The first kappa shape index (κ1) is 18.2. The predicted molar refractivity (Wildman–Crippen MR) is 109 cm³/mol. The molecule has 0 aromatic heterocycles. The number of ether oxygens (including phenoxy) is 1. The molecule has 2 nitrogen and oxygen atoms in total. The van der Waals surface area contributed by atoms with Crippen LogP contribution < -0.4 is 10.1 Å². The van der Waals surface area contributed by atoms with Crippen LogP contribution in [-0.2, 0) is 6.42 Å². The number of aryl methyl sites for hydroxylation is 1. The third-order valence-corrected chi connectivity index (χ3v) is 4.74. The Morgan fingerprint density at radius 3 is 1.81 bits per heavy atom. The molecule has 3 aromatic carbocycles. The van der Waals surface area contributed by atoms with Crippen molar-refractivity contribution in [1.29, 1.82) is 0 Å². The molecular weight excluding hydrogens is 318 g/mol. The molecule has 0 aliphatic carbocycles. The van der Waals surface area contributed by atoms with Gasteiger partial charge in [0.1, 0.15) is 5.75 Å². The summed E-state index contributed by atoms with van der Waals surface area (Å²) in [5, 5.41) is 3.82. The van der Waals surface area contributed by atoms with E-state index >= 15 is 0 Å². The van der Waals surface area contributed by atoms with Crippen LogP contribution in [0.15, 0.2) is 84.9 Å². The quantitative estimate of drug-likeness (QED) is 0.590. The summed E-state index contributed by atoms with van der Waals surface area (Å²) in [5.74, 6) is 0.910. The highest BCUT2D eigenvalue weighted by atomic mass is 16.5. The summed E-state index contributed by atoms with van der Waals surface area (Å²) in [6, 6.07) is 30.3. The minimum Gasteiger partial charge on any atom is -0.497 e. The summed E-state index contributed by atoms with van der Waals surface area (Å²) < 4.78 is 5.23. The SMILES string of the molecule is COc1ccc(CC[C@@H](C)NC(c2ccccc2)c2ccccc2)cc1. The van der Waals surface area contributed by atoms with Gasteiger partial charge in [-0.2, -0.15) is 0 Å². The van der Waals surface area contributed by atoms with E-state index in [0.29, 0.717) is 6.04 Å². The molecule has 134 valence electrons. The minimum atomic E-state index is 0.211. The van der Waals surface area contributed by atoms with Gasteiger partial charge in [0.15, 0.2) is 0 Å². The van der Waals surface area contributed by atoms with Gasteiger partial charge in [0.05, 0.1) is 13.2 Å². The first-order valence-corrected chi connectivity index (χ1v) is 9.25. The van der Waals surface area contributed by atoms with E-state index in [9.17, 15) is 0 Å². The smallest absolute Gasteiger partial charge is 0.118 e. The first-order valence-electron chi connectivity index (χ1n) is 9.25. The van der Waals surface area contributed by atoms with E-state index < -0.39 is 0 Å². The normalized spacial score (nSPS) is 12.1. The van der Waals surface area contributed by atoms with E-state index in [-0.39, 0.29) is 6.04 Å². The molecule has 0 spiro atoms. The van der Waals surface area contributed by atoms with E-state index in [1.165, 1.54) is 16.7 Å². The molecule has 0 radical (unpaired) electrons. The molecule has 0 aliphatic heterocycles. The molecule has 0 bridgehead atoms. The zero-order valence-corrected chi connectivity index (χ0v) is 15.6. The van der Waals surface area contributed by atoms with Crippen LogP contribution in [0.25, 0.3) is 0 Å². The molecule has 26 heavy (non-hydrogen) atoms. The second kappa shape index (κ2) is 9.21. The number of rotatable bonds is 8. The summed E-state index contributed by atoms with van der Waals surface area (Å²) in [4.78, 5) is 0. The van der Waals surface area contributed by atoms with Crippen molar-refractivity contribution in [3.05, 3.63) is 102 Å². The second-order valence-corrected chi connectivity index (χ2v) is 6.71. The Morgan fingerprint density at radius 1 is 0.769 bits per heavy atom. The molecule has 3 rings (SSSR count). The van der Waals surface area contributed by atoms with Gasteiger partial charge in [0.2, 0.25) is 0 Å². The van der Waals surface area contributed by atoms with E-state index in [0.717, 1.165) is 18.6 Å². The third kappa shape index (κ3) is 4.96. The molecule has 1 N–H and O–H groups in total. The fraction of sp³-hybridized carbons (Fsp3) is 0.250. The van der Waals surface area contributed by atoms with Crippen LogP contribution >= 0.6 is 0 Å². The number of hydrogen-bond donors (Lipinski definition) is 1. The van der Waals surface area contributed by atoms with Gasteiger partial charge >= 0.3 is 0 Å². The fourth-order valence-electron chi connectivity index (χ4n) is 3.22. The van der Waals surface area contributed by atoms with Gasteiger partial charge in [-0.15, -0.1) is 0 Å². The van der Waals surface area contributed by atoms with Gasteiger partial charge in [-0.05, 0) is 48.6 Å². The van der Waals surface area contributed by atoms with Crippen molar-refractivity contribution >= 4 is 0 Å². The maximum absolute atomic E-state index is 5.23. The van der Waals surface area contributed by atoms with Crippen LogP contribution in [0.3, 0.4) is 0 Å². The van der Waals surface area contributed by atoms with Gasteiger partial charge in [-0.1, -0.05) is 72.8 Å². The number of nitrogens with one attached hydrogen (secondary N) is 1. The minimum absolute atomic E-state index is 0.211. The third-order valence-electron chi connectivity index (χ3n) is 4.74. The Balaban J connectivity index is 1.66. The second-order valence-electron chi connectivity index (χ2n) is 6.71. The zero-order chi connectivity index (χ0) is 18.2. The molecule has 0 fully saturated rings. The Hall–Kier alpha value is -2.58. The summed E-state index contributed by atoms with van der Waals surface area (Å²) in [7, 11) is 1.70. The number of benzene rings is 3. The molecule has 0 aliphatic rings. The standard InChI is InChI=1S/C24H27NO/c1-19(13-14-20-15-17-23(26-2)18-16-20)25-24(21-9-5-3-6-10-21)22-11-7-4-8-12-22/h3-12,15-19,24-25H,13-14H2,1-2H3/t19-/m1/s1. The maximum Gasteiger partial charge on any atom is 0.118 e. The lowest BCUT2D eigenvalue weighted by Gasteiger charge is -2.24. The van der Waals surface area contributed by atoms with Crippen LogP contribution in [-0.4, -0.2) is 13.2 Å². The Bertz CT molecular complexity index is 729. The predicted octanol–water partition coefficient (Wildman–Crippen LogP) is 5.40. The van der Waals surface area contributed by atoms with Crippen LogP contribution in [0, 0.1) is 0 Å². The highest BCUT2D eigenvalue weighted by Crippen LogP contribution is 2.23. The number of methoxy groups -OCH3 is 1. The van der Waals surface area contributed by atoms with Crippen molar-refractivity contribution < 1.29 is 4.74 Å². The average molecular weight is 345 g/mol. The molecule has 1 atom stereocenters. The number of hydrogen-bond acceptors (Lipinski definition) is 2. The summed E-state index contributed by atoms with van der Waals surface area (Å²) in [6.45, 7) is 2.27. The van der Waals surface area contributed by atoms with Gasteiger partial charge in [0, 0.05) is 6.04 Å². The van der Waals surface area contributed by atoms with Gasteiger partial charge in [-0.3, -0.25) is 0 Å². The first-order chi connectivity index (χ1) is 12.8. The largest absolute Gasteiger partial charge is 0.497 e. The molecule has 0 unspecified atom stereocenters. The summed E-state index contributed by atoms with van der Waals surface area (Å²) >= 11 is 0. The molecule has 2 heteroatoms. The molecule has 3 aromatic rings. The van der Waals surface area contributed by atoms with Crippen molar-refractivity contribution in [3.63, 3.8) is 0 Å². The van der Waals surface area contributed by atoms with E-state index in [1.807, 2.05) is 12.1 Å². The molecule has 0 amide bonds. The van der Waals surface area contributed by atoms with Crippen LogP contribution in [0.4, 0.5) is 0 Å². The Morgan fingerprint density at radius 2 is 1.31 bits per heavy atom. The summed E-state index contributed by atoms with van der Waals surface area (Å²) in [6.07, 6.45) is 2.14. The van der Waals surface area contributed by atoms with Gasteiger partial charge < -0.3 is 10.1 Å². The van der Waals surface area contributed by atoms with Crippen LogP contribution in [0.1, 0.15) is 36.1 Å². The van der Waals surface area contributed by atoms with E-state index in [4.69, 9.17) is 4.74 Å².